The maximum atomic E-state index is 12.3. The first kappa shape index (κ1) is 19.0. The van der Waals surface area contributed by atoms with E-state index in [2.05, 4.69) is 27.7 Å². The van der Waals surface area contributed by atoms with Crippen molar-refractivity contribution in [1.29, 1.82) is 0 Å². The van der Waals surface area contributed by atoms with Gasteiger partial charge >= 0.3 is 11.9 Å². The zero-order valence-corrected chi connectivity index (χ0v) is 17.1. The zero-order valence-electron chi connectivity index (χ0n) is 17.1. The van der Waals surface area contributed by atoms with Gasteiger partial charge in [0.15, 0.2) is 0 Å². The molecule has 0 radical (unpaired) electrons. The summed E-state index contributed by atoms with van der Waals surface area (Å²) in [6, 6.07) is 0. The number of hydrogen-bond acceptors (Lipinski definition) is 5. The van der Waals surface area contributed by atoms with E-state index in [1.165, 1.54) is 13.3 Å². The Kier molecular flexibility index (Phi) is 3.93. The van der Waals surface area contributed by atoms with E-state index in [-0.39, 0.29) is 34.9 Å². The first-order chi connectivity index (χ1) is 12.5. The van der Waals surface area contributed by atoms with Gasteiger partial charge in [-0.15, -0.1) is 0 Å². The Balaban J connectivity index is 1.89. The van der Waals surface area contributed by atoms with Gasteiger partial charge in [0.1, 0.15) is 18.3 Å². The van der Waals surface area contributed by atoms with E-state index in [1.807, 2.05) is 0 Å². The first-order valence-electron chi connectivity index (χ1n) is 10.2. The summed E-state index contributed by atoms with van der Waals surface area (Å²) in [5.74, 6) is -0.385. The number of fused-ring (bicyclic) bond motifs is 5. The average Bonchev–Trinajstić information content (AvgIpc) is 2.83. The third-order valence-corrected chi connectivity index (χ3v) is 8.61. The summed E-state index contributed by atoms with van der Waals surface area (Å²) >= 11 is 0. The summed E-state index contributed by atoms with van der Waals surface area (Å²) in [4.78, 5) is 24.2. The fourth-order valence-electron chi connectivity index (χ4n) is 7.51. The maximum absolute atomic E-state index is 12.3. The number of carbonyl (C=O) groups excluding carboxylic acids is 2. The number of rotatable bonds is 1. The molecule has 4 rings (SSSR count). The Labute approximate surface area is 161 Å². The molecule has 3 fully saturated rings. The number of ether oxygens (including phenoxy) is 2. The molecule has 0 aromatic rings. The number of aliphatic hydroxyl groups is 1. The first-order valence-corrected chi connectivity index (χ1v) is 10.2. The molecule has 1 heterocycles. The maximum Gasteiger partial charge on any atom is 0.337 e. The van der Waals surface area contributed by atoms with E-state index in [0.29, 0.717) is 5.92 Å². The highest BCUT2D eigenvalue weighted by molar-refractivity contribution is 5.94. The topological polar surface area (TPSA) is 72.8 Å². The minimum absolute atomic E-state index is 0.00158. The molecule has 4 aliphatic rings. The molecule has 0 amide bonds. The van der Waals surface area contributed by atoms with Gasteiger partial charge in [-0.2, -0.15) is 0 Å². The molecule has 0 bridgehead atoms. The molecule has 6 atom stereocenters. The molecule has 0 spiro atoms. The van der Waals surface area contributed by atoms with Crippen molar-refractivity contribution < 1.29 is 24.2 Å². The van der Waals surface area contributed by atoms with Gasteiger partial charge in [-0.1, -0.05) is 34.1 Å². The molecule has 6 unspecified atom stereocenters. The summed E-state index contributed by atoms with van der Waals surface area (Å²) in [6.45, 7) is 10.5. The van der Waals surface area contributed by atoms with Gasteiger partial charge in [0.25, 0.3) is 0 Å². The Bertz CT molecular complexity index is 724. The summed E-state index contributed by atoms with van der Waals surface area (Å²) < 4.78 is 11.1. The van der Waals surface area contributed by atoms with Crippen molar-refractivity contribution in [3.8, 4) is 0 Å². The Morgan fingerprint density at radius 3 is 2.59 bits per heavy atom. The van der Waals surface area contributed by atoms with Gasteiger partial charge < -0.3 is 14.6 Å². The highest BCUT2D eigenvalue weighted by Gasteiger charge is 2.71. The minimum Gasteiger partial charge on any atom is -0.459 e. The summed E-state index contributed by atoms with van der Waals surface area (Å²) in [5.41, 5.74) is -1.45. The van der Waals surface area contributed by atoms with E-state index in [4.69, 9.17) is 9.47 Å². The highest BCUT2D eigenvalue weighted by Crippen LogP contribution is 2.70. The van der Waals surface area contributed by atoms with Crippen LogP contribution in [-0.2, 0) is 19.1 Å². The summed E-state index contributed by atoms with van der Waals surface area (Å²) in [6.07, 6.45) is 6.36. The van der Waals surface area contributed by atoms with Gasteiger partial charge in [-0.25, -0.2) is 4.79 Å². The fourth-order valence-corrected chi connectivity index (χ4v) is 7.51. The Hall–Kier alpha value is -1.36. The molecular weight excluding hydrogens is 344 g/mol. The van der Waals surface area contributed by atoms with Gasteiger partial charge in [0.05, 0.1) is 5.57 Å². The normalized spacial score (nSPS) is 47.9. The lowest BCUT2D eigenvalue weighted by atomic mass is 9.38. The van der Waals surface area contributed by atoms with Crippen LogP contribution in [0.15, 0.2) is 11.6 Å². The van der Waals surface area contributed by atoms with E-state index < -0.39 is 23.1 Å². The third-order valence-electron chi connectivity index (χ3n) is 8.61. The predicted octanol–water partition coefficient (Wildman–Crippen LogP) is 3.39. The van der Waals surface area contributed by atoms with Crippen molar-refractivity contribution in [2.24, 2.45) is 28.1 Å². The minimum atomic E-state index is -1.30. The van der Waals surface area contributed by atoms with E-state index in [0.717, 1.165) is 25.7 Å². The monoisotopic (exact) mass is 376 g/mol. The van der Waals surface area contributed by atoms with Gasteiger partial charge in [0, 0.05) is 18.3 Å². The number of esters is 2. The Morgan fingerprint density at radius 1 is 1.22 bits per heavy atom. The van der Waals surface area contributed by atoms with Crippen LogP contribution in [0.25, 0.3) is 0 Å². The molecule has 150 valence electrons. The number of carbonyl (C=O) groups is 2. The van der Waals surface area contributed by atoms with Gasteiger partial charge in [-0.05, 0) is 48.5 Å². The van der Waals surface area contributed by atoms with Crippen LogP contribution in [0.5, 0.6) is 0 Å². The molecule has 1 saturated heterocycles. The fraction of sp³-hybridized carbons (Fsp3) is 0.818. The van der Waals surface area contributed by atoms with Crippen molar-refractivity contribution in [3.63, 3.8) is 0 Å². The zero-order chi connectivity index (χ0) is 19.8. The quantitative estimate of drug-likeness (QED) is 0.710. The Morgan fingerprint density at radius 2 is 1.93 bits per heavy atom. The lowest BCUT2D eigenvalue weighted by molar-refractivity contribution is -0.224. The van der Waals surface area contributed by atoms with Crippen LogP contribution in [0.2, 0.25) is 0 Å². The largest absolute Gasteiger partial charge is 0.459 e. The molecule has 0 aromatic carbocycles. The number of cyclic esters (lactones) is 1. The van der Waals surface area contributed by atoms with Crippen LogP contribution in [0.3, 0.4) is 0 Å². The third kappa shape index (κ3) is 2.33. The SMILES string of the molecule is CC(=O)OC1C=C2C(=O)OCC2(O)C2(C)CCC3C(C)(C)CCCC3(C)C12. The summed E-state index contributed by atoms with van der Waals surface area (Å²) in [5, 5.41) is 11.7. The molecular formula is C22H32O5. The smallest absolute Gasteiger partial charge is 0.337 e. The van der Waals surface area contributed by atoms with Crippen LogP contribution in [0.1, 0.15) is 66.7 Å². The van der Waals surface area contributed by atoms with E-state index in [9.17, 15) is 14.7 Å². The second-order valence-corrected chi connectivity index (χ2v) is 10.4. The molecule has 5 nitrogen and oxygen atoms in total. The molecule has 5 heteroatoms. The van der Waals surface area contributed by atoms with E-state index >= 15 is 0 Å². The molecule has 1 aliphatic heterocycles. The molecule has 0 aromatic heterocycles. The predicted molar refractivity (Wildman–Crippen MR) is 99.6 cm³/mol. The van der Waals surface area contributed by atoms with Crippen molar-refractivity contribution in [1.82, 2.24) is 0 Å². The second-order valence-electron chi connectivity index (χ2n) is 10.4. The van der Waals surface area contributed by atoms with Crippen molar-refractivity contribution in [2.45, 2.75) is 78.4 Å². The molecule has 3 aliphatic carbocycles. The van der Waals surface area contributed by atoms with Gasteiger partial charge in [-0.3, -0.25) is 4.79 Å². The van der Waals surface area contributed by atoms with Crippen LogP contribution in [0.4, 0.5) is 0 Å². The second kappa shape index (κ2) is 5.59. The van der Waals surface area contributed by atoms with Crippen LogP contribution in [-0.4, -0.2) is 35.4 Å². The van der Waals surface area contributed by atoms with Crippen LogP contribution >= 0.6 is 0 Å². The lowest BCUT2D eigenvalue weighted by Crippen LogP contribution is -2.67. The van der Waals surface area contributed by atoms with Crippen LogP contribution < -0.4 is 0 Å². The van der Waals surface area contributed by atoms with Gasteiger partial charge in [0.2, 0.25) is 0 Å². The van der Waals surface area contributed by atoms with Crippen LogP contribution in [0, 0.1) is 28.1 Å². The average molecular weight is 376 g/mol. The highest BCUT2D eigenvalue weighted by atomic mass is 16.6. The summed E-state index contributed by atoms with van der Waals surface area (Å²) in [7, 11) is 0. The molecule has 1 N–H and O–H groups in total. The van der Waals surface area contributed by atoms with Crippen molar-refractivity contribution >= 4 is 11.9 Å². The molecule has 2 saturated carbocycles. The molecule has 27 heavy (non-hydrogen) atoms. The lowest BCUT2D eigenvalue weighted by Gasteiger charge is -2.66. The standard InChI is InChI=1S/C22H32O5/c1-13(23)27-15-11-14-18(24)26-12-22(14,25)21(5)10-7-16-19(2,3)8-6-9-20(16,4)17(15)21/h11,15-17,25H,6-10,12H2,1-5H3. The van der Waals surface area contributed by atoms with E-state index in [1.54, 1.807) is 6.08 Å². The van der Waals surface area contributed by atoms with Crippen molar-refractivity contribution in [3.05, 3.63) is 11.6 Å². The van der Waals surface area contributed by atoms with Crippen molar-refractivity contribution in [2.75, 3.05) is 6.61 Å². The number of hydrogen-bond donors (Lipinski definition) is 1.